The first kappa shape index (κ1) is 15.5. The minimum absolute atomic E-state index is 0.191. The Labute approximate surface area is 123 Å². The van der Waals surface area contributed by atoms with Gasteiger partial charge in [0.05, 0.1) is 12.6 Å². The SMILES string of the molecule is COCCN(CC(=O)O)C(=O)[C@H]1Cc2ccccc2CN1. The smallest absolute Gasteiger partial charge is 0.323 e. The highest BCUT2D eigenvalue weighted by Crippen LogP contribution is 2.17. The molecule has 0 saturated carbocycles. The predicted molar refractivity (Wildman–Crippen MR) is 76.9 cm³/mol. The van der Waals surface area contributed by atoms with Crippen molar-refractivity contribution in [3.05, 3.63) is 35.4 Å². The van der Waals surface area contributed by atoms with Gasteiger partial charge in [-0.05, 0) is 17.5 Å². The molecule has 6 nitrogen and oxygen atoms in total. The number of ether oxygens (including phenoxy) is 1. The number of amides is 1. The third-order valence-electron chi connectivity index (χ3n) is 3.58. The van der Waals surface area contributed by atoms with Crippen molar-refractivity contribution in [2.24, 2.45) is 0 Å². The Bertz CT molecular complexity index is 518. The Morgan fingerprint density at radius 3 is 2.76 bits per heavy atom. The molecule has 0 aromatic heterocycles. The lowest BCUT2D eigenvalue weighted by Crippen LogP contribution is -2.51. The van der Waals surface area contributed by atoms with E-state index in [1.165, 1.54) is 17.6 Å². The lowest BCUT2D eigenvalue weighted by molar-refractivity contribution is -0.145. The number of nitrogens with zero attached hydrogens (tertiary/aromatic N) is 1. The van der Waals surface area contributed by atoms with Crippen LogP contribution in [0.1, 0.15) is 11.1 Å². The molecule has 1 aliphatic rings. The van der Waals surface area contributed by atoms with Crippen LogP contribution in [0.15, 0.2) is 24.3 Å². The summed E-state index contributed by atoms with van der Waals surface area (Å²) in [7, 11) is 1.53. The van der Waals surface area contributed by atoms with Crippen molar-refractivity contribution >= 4 is 11.9 Å². The van der Waals surface area contributed by atoms with Gasteiger partial charge < -0.3 is 20.1 Å². The second-order valence-corrected chi connectivity index (χ2v) is 5.05. The number of hydrogen-bond donors (Lipinski definition) is 2. The van der Waals surface area contributed by atoms with Crippen LogP contribution in [0.5, 0.6) is 0 Å². The van der Waals surface area contributed by atoms with E-state index in [1.807, 2.05) is 24.3 Å². The van der Waals surface area contributed by atoms with Crippen molar-refractivity contribution in [2.75, 3.05) is 26.8 Å². The number of carboxylic acids is 1. The van der Waals surface area contributed by atoms with E-state index in [1.54, 1.807) is 0 Å². The molecule has 1 aliphatic heterocycles. The molecule has 0 saturated heterocycles. The van der Waals surface area contributed by atoms with Crippen LogP contribution in [0.4, 0.5) is 0 Å². The Morgan fingerprint density at radius 2 is 2.10 bits per heavy atom. The van der Waals surface area contributed by atoms with Crippen LogP contribution in [0.25, 0.3) is 0 Å². The van der Waals surface area contributed by atoms with E-state index in [9.17, 15) is 9.59 Å². The molecule has 0 fully saturated rings. The molecule has 0 aliphatic carbocycles. The van der Waals surface area contributed by atoms with Crippen molar-refractivity contribution in [1.82, 2.24) is 10.2 Å². The largest absolute Gasteiger partial charge is 0.480 e. The zero-order valence-corrected chi connectivity index (χ0v) is 12.0. The fourth-order valence-corrected chi connectivity index (χ4v) is 2.48. The molecule has 6 heteroatoms. The Balaban J connectivity index is 2.05. The molecule has 0 radical (unpaired) electrons. The summed E-state index contributed by atoms with van der Waals surface area (Å²) in [5.74, 6) is -1.21. The first-order chi connectivity index (χ1) is 10.1. The van der Waals surface area contributed by atoms with Crippen LogP contribution in [-0.4, -0.2) is 54.7 Å². The van der Waals surface area contributed by atoms with Gasteiger partial charge in [0, 0.05) is 20.2 Å². The summed E-state index contributed by atoms with van der Waals surface area (Å²) in [5, 5.41) is 12.1. The van der Waals surface area contributed by atoms with Crippen molar-refractivity contribution in [3.8, 4) is 0 Å². The Hall–Kier alpha value is -1.92. The van der Waals surface area contributed by atoms with E-state index in [-0.39, 0.29) is 25.0 Å². The molecule has 0 spiro atoms. The van der Waals surface area contributed by atoms with Gasteiger partial charge in [-0.1, -0.05) is 24.3 Å². The number of rotatable bonds is 6. The average molecular weight is 292 g/mol. The summed E-state index contributed by atoms with van der Waals surface area (Å²) in [5.41, 5.74) is 2.32. The van der Waals surface area contributed by atoms with Crippen LogP contribution in [0, 0.1) is 0 Å². The van der Waals surface area contributed by atoms with Gasteiger partial charge in [-0.2, -0.15) is 0 Å². The van der Waals surface area contributed by atoms with Crippen LogP contribution in [0.2, 0.25) is 0 Å². The molecule has 1 amide bonds. The molecular weight excluding hydrogens is 272 g/mol. The number of fused-ring (bicyclic) bond motifs is 1. The van der Waals surface area contributed by atoms with Crippen molar-refractivity contribution in [1.29, 1.82) is 0 Å². The number of nitrogens with one attached hydrogen (secondary N) is 1. The molecule has 1 atom stereocenters. The maximum Gasteiger partial charge on any atom is 0.323 e. The van der Waals surface area contributed by atoms with Crippen LogP contribution >= 0.6 is 0 Å². The zero-order chi connectivity index (χ0) is 15.2. The number of hydrogen-bond acceptors (Lipinski definition) is 4. The van der Waals surface area contributed by atoms with Crippen LogP contribution < -0.4 is 5.32 Å². The van der Waals surface area contributed by atoms with E-state index in [0.29, 0.717) is 19.6 Å². The van der Waals surface area contributed by atoms with Gasteiger partial charge in [-0.15, -0.1) is 0 Å². The van der Waals surface area contributed by atoms with Crippen molar-refractivity contribution < 1.29 is 19.4 Å². The fourth-order valence-electron chi connectivity index (χ4n) is 2.48. The Kier molecular flexibility index (Phi) is 5.30. The third-order valence-corrected chi connectivity index (χ3v) is 3.58. The molecule has 2 N–H and O–H groups in total. The summed E-state index contributed by atoms with van der Waals surface area (Å²) in [6.45, 7) is 0.920. The predicted octanol–water partition coefficient (Wildman–Crippen LogP) is 0.261. The molecule has 2 rings (SSSR count). The highest BCUT2D eigenvalue weighted by atomic mass is 16.5. The number of methoxy groups -OCH3 is 1. The second kappa shape index (κ2) is 7.19. The first-order valence-corrected chi connectivity index (χ1v) is 6.91. The molecule has 0 unspecified atom stereocenters. The standard InChI is InChI=1S/C15H20N2O4/c1-21-7-6-17(10-14(18)19)15(20)13-8-11-4-2-3-5-12(11)9-16-13/h2-5,13,16H,6-10H2,1H3,(H,18,19)/t13-/m1/s1. The molecular formula is C15H20N2O4. The summed E-state index contributed by atoms with van der Waals surface area (Å²) in [6.07, 6.45) is 0.581. The first-order valence-electron chi connectivity index (χ1n) is 6.91. The number of carboxylic acid groups (broad SMARTS) is 1. The summed E-state index contributed by atoms with van der Waals surface area (Å²) >= 11 is 0. The van der Waals surface area contributed by atoms with E-state index >= 15 is 0 Å². The van der Waals surface area contributed by atoms with Crippen LogP contribution in [0.3, 0.4) is 0 Å². The third kappa shape index (κ3) is 4.03. The average Bonchev–Trinajstić information content (AvgIpc) is 2.50. The summed E-state index contributed by atoms with van der Waals surface area (Å²) in [6, 6.07) is 7.58. The maximum atomic E-state index is 12.5. The van der Waals surface area contributed by atoms with Crippen LogP contribution in [-0.2, 0) is 27.3 Å². The topological polar surface area (TPSA) is 78.9 Å². The van der Waals surface area contributed by atoms with Crippen molar-refractivity contribution in [2.45, 2.75) is 19.0 Å². The zero-order valence-electron chi connectivity index (χ0n) is 12.0. The molecule has 114 valence electrons. The second-order valence-electron chi connectivity index (χ2n) is 5.05. The van der Waals surface area contributed by atoms with Gasteiger partial charge >= 0.3 is 5.97 Å². The van der Waals surface area contributed by atoms with E-state index in [4.69, 9.17) is 9.84 Å². The number of benzene rings is 1. The quantitative estimate of drug-likeness (QED) is 0.786. The molecule has 21 heavy (non-hydrogen) atoms. The molecule has 1 aromatic rings. The minimum Gasteiger partial charge on any atom is -0.480 e. The monoisotopic (exact) mass is 292 g/mol. The minimum atomic E-state index is -1.02. The fraction of sp³-hybridized carbons (Fsp3) is 0.467. The summed E-state index contributed by atoms with van der Waals surface area (Å²) in [4.78, 5) is 24.7. The lowest BCUT2D eigenvalue weighted by atomic mass is 9.95. The van der Waals surface area contributed by atoms with Gasteiger partial charge in [0.2, 0.25) is 5.91 Å². The van der Waals surface area contributed by atoms with E-state index in [0.717, 1.165) is 5.56 Å². The van der Waals surface area contributed by atoms with Gasteiger partial charge in [-0.25, -0.2) is 0 Å². The van der Waals surface area contributed by atoms with E-state index < -0.39 is 5.97 Å². The number of carbonyl (C=O) groups is 2. The molecule has 1 aromatic carbocycles. The van der Waals surface area contributed by atoms with Gasteiger partial charge in [-0.3, -0.25) is 9.59 Å². The molecule has 0 bridgehead atoms. The molecule has 1 heterocycles. The van der Waals surface area contributed by atoms with E-state index in [2.05, 4.69) is 5.32 Å². The Morgan fingerprint density at radius 1 is 1.38 bits per heavy atom. The van der Waals surface area contributed by atoms with Gasteiger partial charge in [0.15, 0.2) is 0 Å². The van der Waals surface area contributed by atoms with Gasteiger partial charge in [0.25, 0.3) is 0 Å². The number of carbonyl (C=O) groups excluding carboxylic acids is 1. The normalized spacial score (nSPS) is 17.1. The highest BCUT2D eigenvalue weighted by Gasteiger charge is 2.28. The number of aliphatic carboxylic acids is 1. The lowest BCUT2D eigenvalue weighted by Gasteiger charge is -2.30. The van der Waals surface area contributed by atoms with Gasteiger partial charge in [0.1, 0.15) is 6.54 Å². The summed E-state index contributed by atoms with van der Waals surface area (Å²) < 4.78 is 4.94. The highest BCUT2D eigenvalue weighted by molar-refractivity contribution is 5.86. The van der Waals surface area contributed by atoms with Crippen molar-refractivity contribution in [3.63, 3.8) is 0 Å². The maximum absolute atomic E-state index is 12.5.